The van der Waals surface area contributed by atoms with Crippen LogP contribution in [0.15, 0.2) is 336 Å². The van der Waals surface area contributed by atoms with Crippen molar-refractivity contribution in [3.05, 3.63) is 328 Å². The van der Waals surface area contributed by atoms with Gasteiger partial charge in [-0.3, -0.25) is 0 Å². The second-order valence-electron chi connectivity index (χ2n) is 24.6. The highest BCUT2D eigenvalue weighted by molar-refractivity contribution is 6.16. The Morgan fingerprint density at radius 3 is 1.21 bits per heavy atom. The smallest absolute Gasteiger partial charge is 0.227 e. The van der Waals surface area contributed by atoms with Crippen LogP contribution in [0.5, 0.6) is 0 Å². The fraction of sp³-hybridized carbons (Fsp3) is 0. The van der Waals surface area contributed by atoms with Crippen LogP contribution < -0.4 is 0 Å². The zero-order valence-electron chi connectivity index (χ0n) is 52.6. The van der Waals surface area contributed by atoms with E-state index in [4.69, 9.17) is 38.7 Å². The van der Waals surface area contributed by atoms with E-state index < -0.39 is 0 Å². The minimum Gasteiger partial charge on any atom is -0.436 e. The van der Waals surface area contributed by atoms with Crippen molar-refractivity contribution in [3.8, 4) is 124 Å². The average Bonchev–Trinajstić information content (AvgIpc) is 1.58. The second kappa shape index (κ2) is 23.2. The van der Waals surface area contributed by atoms with Gasteiger partial charge in [-0.25, -0.2) is 29.9 Å². The number of aromatic nitrogens is 8. The topological polar surface area (TPSA) is 113 Å². The Morgan fingerprint density at radius 1 is 0.224 bits per heavy atom. The van der Waals surface area contributed by atoms with Crippen LogP contribution in [-0.4, -0.2) is 39.0 Å². The van der Waals surface area contributed by atoms with Crippen LogP contribution in [0.25, 0.3) is 190 Å². The zero-order chi connectivity index (χ0) is 64.6. The van der Waals surface area contributed by atoms with Crippen LogP contribution in [0.3, 0.4) is 0 Å². The first kappa shape index (κ1) is 56.1. The number of oxazole rings is 2. The molecule has 0 saturated carbocycles. The van der Waals surface area contributed by atoms with Crippen LogP contribution in [0.1, 0.15) is 0 Å². The van der Waals surface area contributed by atoms with Gasteiger partial charge in [-0.1, -0.05) is 231 Å². The highest BCUT2D eigenvalue weighted by atomic mass is 16.4. The Balaban J connectivity index is 0.684. The van der Waals surface area contributed by atoms with Crippen molar-refractivity contribution in [1.29, 1.82) is 0 Å². The molecule has 10 nitrogen and oxygen atoms in total. The largest absolute Gasteiger partial charge is 0.436 e. The fourth-order valence-electron chi connectivity index (χ4n) is 13.9. The van der Waals surface area contributed by atoms with E-state index in [1.807, 2.05) is 91.0 Å². The molecule has 0 spiro atoms. The molecule has 19 rings (SSSR count). The Morgan fingerprint density at radius 2 is 0.633 bits per heavy atom. The van der Waals surface area contributed by atoms with Gasteiger partial charge in [0.1, 0.15) is 11.0 Å². The summed E-state index contributed by atoms with van der Waals surface area (Å²) in [6.45, 7) is 0. The van der Waals surface area contributed by atoms with Crippen LogP contribution in [0.2, 0.25) is 0 Å². The van der Waals surface area contributed by atoms with Crippen LogP contribution in [0, 0.1) is 0 Å². The Bertz CT molecular complexity index is 6150. The van der Waals surface area contributed by atoms with E-state index in [0.29, 0.717) is 23.4 Å². The first-order valence-electron chi connectivity index (χ1n) is 32.7. The van der Waals surface area contributed by atoms with E-state index in [2.05, 4.69) is 246 Å². The van der Waals surface area contributed by atoms with Gasteiger partial charge in [0, 0.05) is 77.4 Å². The lowest BCUT2D eigenvalue weighted by atomic mass is 9.97. The standard InChI is InChI=1S/C88H54N8O2/c1-4-18-58(19-5-1)74-53-75(59-20-6-2-7-21-59)90-85(89-74)62-40-34-55(35-41-62)56-42-46-66(47-43-56)95-79-31-17-27-68(84(79)71-49-45-65(52-81(71)95)88-94-73-29-12-15-33-83(73)98-88)57-36-38-61(39-37-57)77-54-76(60-22-8-3-9-23-60)91-86(92-77)63-24-16-25-67(50-63)96-78-30-13-10-26-69(78)70-48-44-64(51-80(70)96)87-93-72-28-11-14-32-82(72)97-87/h1-54H. The zero-order valence-corrected chi connectivity index (χ0v) is 52.6. The summed E-state index contributed by atoms with van der Waals surface area (Å²) < 4.78 is 17.4. The molecule has 6 heterocycles. The number of para-hydroxylation sites is 5. The third-order valence-corrected chi connectivity index (χ3v) is 18.7. The van der Waals surface area contributed by atoms with Crippen LogP contribution in [-0.2, 0) is 0 Å². The Hall–Kier alpha value is -13.4. The summed E-state index contributed by atoms with van der Waals surface area (Å²) in [4.78, 5) is 30.7. The third-order valence-electron chi connectivity index (χ3n) is 18.7. The number of fused-ring (bicyclic) bond motifs is 8. The van der Waals surface area contributed by atoms with Crippen LogP contribution >= 0.6 is 0 Å². The molecule has 0 unspecified atom stereocenters. The van der Waals surface area contributed by atoms with Gasteiger partial charge in [-0.2, -0.15) is 0 Å². The van der Waals surface area contributed by atoms with Crippen molar-refractivity contribution in [1.82, 2.24) is 39.0 Å². The fourth-order valence-corrected chi connectivity index (χ4v) is 13.9. The van der Waals surface area contributed by atoms with E-state index in [-0.39, 0.29) is 0 Å². The summed E-state index contributed by atoms with van der Waals surface area (Å²) >= 11 is 0. The molecule has 0 amide bonds. The number of nitrogens with zero attached hydrogens (tertiary/aromatic N) is 8. The first-order valence-corrected chi connectivity index (χ1v) is 32.7. The molecule has 13 aromatic carbocycles. The van der Waals surface area contributed by atoms with Gasteiger partial charge in [0.05, 0.1) is 44.8 Å². The molecule has 0 aliphatic rings. The summed E-state index contributed by atoms with van der Waals surface area (Å²) in [5, 5.41) is 4.52. The monoisotopic (exact) mass is 1250 g/mol. The quantitative estimate of drug-likeness (QED) is 0.119. The summed E-state index contributed by atoms with van der Waals surface area (Å²) in [5.41, 5.74) is 24.8. The molecular formula is C88H54N8O2. The van der Waals surface area contributed by atoms with E-state index in [1.54, 1.807) is 0 Å². The van der Waals surface area contributed by atoms with E-state index in [9.17, 15) is 0 Å². The summed E-state index contributed by atoms with van der Waals surface area (Å²) in [7, 11) is 0. The lowest BCUT2D eigenvalue weighted by molar-refractivity contribution is 0.619. The lowest BCUT2D eigenvalue weighted by Crippen LogP contribution is -1.98. The van der Waals surface area contributed by atoms with Gasteiger partial charge >= 0.3 is 0 Å². The molecule has 10 heteroatoms. The summed E-state index contributed by atoms with van der Waals surface area (Å²) in [5.74, 6) is 2.44. The van der Waals surface area contributed by atoms with Gasteiger partial charge in [0.2, 0.25) is 11.8 Å². The molecule has 6 aromatic heterocycles. The number of hydrogen-bond donors (Lipinski definition) is 0. The normalized spacial score (nSPS) is 11.7. The van der Waals surface area contributed by atoms with Gasteiger partial charge in [-0.15, -0.1) is 0 Å². The molecule has 19 aromatic rings. The maximum atomic E-state index is 6.41. The highest BCUT2D eigenvalue weighted by Gasteiger charge is 2.22. The minimum absolute atomic E-state index is 0.569. The molecule has 0 aliphatic heterocycles. The lowest BCUT2D eigenvalue weighted by Gasteiger charge is -2.13. The van der Waals surface area contributed by atoms with Crippen molar-refractivity contribution < 1.29 is 8.83 Å². The SMILES string of the molecule is c1ccc(-c2cc(-c3ccccc3)nc(-c3ccc(-c4ccc(-n5c6cc(-c7nc8ccccc8o7)ccc6c6c(-c7ccc(-c8cc(-c9ccccc9)nc(-c9cccc(-n%10c%11ccccc%11c%11ccc(-c%12nc%13ccccc%13o%12)cc%11%10)c9)n8)cc7)cccc65)cc4)cc3)n2)cc1. The van der Waals surface area contributed by atoms with Gasteiger partial charge in [0.25, 0.3) is 0 Å². The van der Waals surface area contributed by atoms with Crippen molar-refractivity contribution in [2.75, 3.05) is 0 Å². The Kier molecular flexibility index (Phi) is 13.3. The minimum atomic E-state index is 0.569. The maximum absolute atomic E-state index is 6.41. The van der Waals surface area contributed by atoms with Crippen molar-refractivity contribution in [2.24, 2.45) is 0 Å². The predicted octanol–water partition coefficient (Wildman–Crippen LogP) is 22.4. The number of hydrogen-bond acceptors (Lipinski definition) is 8. The summed E-state index contributed by atoms with van der Waals surface area (Å²) in [6, 6.07) is 114. The first-order chi connectivity index (χ1) is 48.5. The molecule has 0 aliphatic carbocycles. The third kappa shape index (κ3) is 9.90. The van der Waals surface area contributed by atoms with Gasteiger partial charge in [-0.05, 0) is 119 Å². The van der Waals surface area contributed by atoms with Crippen molar-refractivity contribution in [3.63, 3.8) is 0 Å². The van der Waals surface area contributed by atoms with E-state index >= 15 is 0 Å². The highest BCUT2D eigenvalue weighted by Crippen LogP contribution is 2.43. The van der Waals surface area contributed by atoms with Gasteiger partial charge in [0.15, 0.2) is 22.8 Å². The van der Waals surface area contributed by atoms with E-state index in [0.717, 1.165) is 167 Å². The van der Waals surface area contributed by atoms with Crippen LogP contribution in [0.4, 0.5) is 0 Å². The van der Waals surface area contributed by atoms with Gasteiger partial charge < -0.3 is 18.0 Å². The molecule has 0 fully saturated rings. The Labute approximate surface area is 562 Å². The molecule has 0 radical (unpaired) electrons. The number of rotatable bonds is 12. The summed E-state index contributed by atoms with van der Waals surface area (Å²) in [6.07, 6.45) is 0. The van der Waals surface area contributed by atoms with Crippen molar-refractivity contribution >= 4 is 65.8 Å². The average molecular weight is 1260 g/mol. The second-order valence-corrected chi connectivity index (χ2v) is 24.6. The molecule has 458 valence electrons. The molecule has 0 N–H and O–H groups in total. The maximum Gasteiger partial charge on any atom is 0.227 e. The molecule has 0 atom stereocenters. The van der Waals surface area contributed by atoms with E-state index in [1.165, 1.54) is 0 Å². The number of benzene rings is 13. The molecule has 98 heavy (non-hydrogen) atoms. The molecule has 0 bridgehead atoms. The predicted molar refractivity (Wildman–Crippen MR) is 396 cm³/mol. The molecule has 0 saturated heterocycles. The molecular weight excluding hydrogens is 1200 g/mol. The van der Waals surface area contributed by atoms with Crippen molar-refractivity contribution in [2.45, 2.75) is 0 Å².